The molecular weight excluding hydrogens is 351 g/mol. The molecule has 1 fully saturated rings. The van der Waals surface area contributed by atoms with Gasteiger partial charge in [0.2, 0.25) is 5.91 Å². The van der Waals surface area contributed by atoms with E-state index >= 15 is 0 Å². The van der Waals surface area contributed by atoms with Gasteiger partial charge in [-0.25, -0.2) is 18.7 Å². The molecule has 1 amide bonds. The van der Waals surface area contributed by atoms with Crippen LogP contribution in [0.2, 0.25) is 0 Å². The van der Waals surface area contributed by atoms with Crippen molar-refractivity contribution in [3.8, 4) is 5.82 Å². The van der Waals surface area contributed by atoms with E-state index in [0.717, 1.165) is 0 Å². The van der Waals surface area contributed by atoms with E-state index in [0.29, 0.717) is 11.5 Å². The number of anilines is 1. The van der Waals surface area contributed by atoms with Crippen molar-refractivity contribution in [3.05, 3.63) is 37.1 Å². The maximum atomic E-state index is 13.0. The fraction of sp³-hybridized carbons (Fsp3) is 0.308. The molecular formula is C13H15Cl2F2N5O. The van der Waals surface area contributed by atoms with Crippen molar-refractivity contribution in [1.82, 2.24) is 19.9 Å². The van der Waals surface area contributed by atoms with E-state index in [-0.39, 0.29) is 24.8 Å². The molecule has 2 aromatic rings. The fourth-order valence-electron chi connectivity index (χ4n) is 2.14. The van der Waals surface area contributed by atoms with E-state index in [9.17, 15) is 13.6 Å². The largest absolute Gasteiger partial charge is 0.323 e. The minimum absolute atomic E-state index is 0. The summed E-state index contributed by atoms with van der Waals surface area (Å²) in [6.45, 7) is -0.469. The van der Waals surface area contributed by atoms with E-state index < -0.39 is 30.8 Å². The molecule has 0 spiro atoms. The molecule has 1 unspecified atom stereocenters. The van der Waals surface area contributed by atoms with Crippen LogP contribution in [0.4, 0.5) is 14.5 Å². The zero-order valence-corrected chi connectivity index (χ0v) is 13.4. The topological polar surface area (TPSA) is 71.8 Å². The van der Waals surface area contributed by atoms with E-state index in [1.54, 1.807) is 35.4 Å². The molecule has 1 saturated heterocycles. The lowest BCUT2D eigenvalue weighted by Crippen LogP contribution is -2.35. The molecule has 10 heteroatoms. The Labute approximate surface area is 143 Å². The number of pyridine rings is 1. The van der Waals surface area contributed by atoms with Crippen LogP contribution in [0.15, 0.2) is 37.1 Å². The van der Waals surface area contributed by atoms with Gasteiger partial charge in [-0.1, -0.05) is 0 Å². The highest BCUT2D eigenvalue weighted by Gasteiger charge is 2.42. The Morgan fingerprint density at radius 2 is 2.17 bits per heavy atom. The van der Waals surface area contributed by atoms with Gasteiger partial charge < -0.3 is 5.32 Å². The van der Waals surface area contributed by atoms with Crippen LogP contribution in [0.5, 0.6) is 0 Å². The minimum Gasteiger partial charge on any atom is -0.323 e. The van der Waals surface area contributed by atoms with Gasteiger partial charge in [-0.05, 0) is 12.1 Å². The molecule has 0 saturated carbocycles. The predicted molar refractivity (Wildman–Crippen MR) is 85.8 cm³/mol. The molecule has 2 N–H and O–H groups in total. The highest BCUT2D eigenvalue weighted by molar-refractivity contribution is 5.95. The van der Waals surface area contributed by atoms with Crippen LogP contribution in [0, 0.1) is 0 Å². The summed E-state index contributed by atoms with van der Waals surface area (Å²) in [5.41, 5.74) is 0.459. The number of rotatable bonds is 3. The first-order chi connectivity index (χ1) is 10.0. The summed E-state index contributed by atoms with van der Waals surface area (Å²) in [4.78, 5) is 19.9. The number of nitrogens with zero attached hydrogens (tertiary/aromatic N) is 3. The van der Waals surface area contributed by atoms with Crippen LogP contribution in [-0.2, 0) is 4.79 Å². The van der Waals surface area contributed by atoms with Crippen LogP contribution in [-0.4, -0.2) is 39.0 Å². The number of nitrogens with one attached hydrogen (secondary N) is 2. The maximum absolute atomic E-state index is 13.0. The minimum atomic E-state index is -2.83. The third-order valence-electron chi connectivity index (χ3n) is 3.21. The van der Waals surface area contributed by atoms with E-state index in [2.05, 4.69) is 20.6 Å². The van der Waals surface area contributed by atoms with Gasteiger partial charge in [0.1, 0.15) is 12.1 Å². The molecule has 1 atom stereocenters. The lowest BCUT2D eigenvalue weighted by Gasteiger charge is -2.11. The second kappa shape index (κ2) is 7.67. The molecule has 1 aliphatic rings. The molecule has 1 aliphatic heterocycles. The zero-order valence-electron chi connectivity index (χ0n) is 11.8. The highest BCUT2D eigenvalue weighted by atomic mass is 35.5. The van der Waals surface area contributed by atoms with Gasteiger partial charge in [-0.15, -0.1) is 24.8 Å². The number of alkyl halides is 2. The van der Waals surface area contributed by atoms with Crippen LogP contribution in [0.25, 0.3) is 5.82 Å². The summed E-state index contributed by atoms with van der Waals surface area (Å²) in [6, 6.07) is 2.48. The number of halogens is 4. The second-order valence-electron chi connectivity index (χ2n) is 4.86. The number of hydrogen-bond acceptors (Lipinski definition) is 4. The molecule has 6 nitrogen and oxygen atoms in total. The Morgan fingerprint density at radius 3 is 2.70 bits per heavy atom. The quantitative estimate of drug-likeness (QED) is 0.872. The Kier molecular flexibility index (Phi) is 6.43. The average molecular weight is 366 g/mol. The Balaban J connectivity index is 0.00000132. The summed E-state index contributed by atoms with van der Waals surface area (Å²) in [5, 5.41) is 5.08. The first-order valence-electron chi connectivity index (χ1n) is 6.40. The number of imidazole rings is 1. The summed E-state index contributed by atoms with van der Waals surface area (Å²) in [7, 11) is 0. The lowest BCUT2D eigenvalue weighted by molar-refractivity contribution is -0.118. The molecule has 3 rings (SSSR count). The Bertz CT molecular complexity index is 636. The standard InChI is InChI=1S/C13H13F2N5O.2ClH/c14-13(15)5-10(18-7-13)12(21)19-9-1-2-11(17-6-9)20-4-3-16-8-20;;/h1-4,6,8,10,18H,5,7H2,(H,19,21);2*1H. The van der Waals surface area contributed by atoms with Gasteiger partial charge in [0.15, 0.2) is 0 Å². The van der Waals surface area contributed by atoms with Gasteiger partial charge in [-0.3, -0.25) is 14.7 Å². The number of carbonyl (C=O) groups is 1. The van der Waals surface area contributed by atoms with Crippen molar-refractivity contribution in [2.45, 2.75) is 18.4 Å². The van der Waals surface area contributed by atoms with Gasteiger partial charge >= 0.3 is 0 Å². The second-order valence-corrected chi connectivity index (χ2v) is 4.86. The summed E-state index contributed by atoms with van der Waals surface area (Å²) in [5.74, 6) is -2.66. The van der Waals surface area contributed by atoms with E-state index in [4.69, 9.17) is 0 Å². The zero-order chi connectivity index (χ0) is 14.9. The van der Waals surface area contributed by atoms with E-state index in [1.807, 2.05) is 0 Å². The summed E-state index contributed by atoms with van der Waals surface area (Å²) >= 11 is 0. The molecule has 23 heavy (non-hydrogen) atoms. The van der Waals surface area contributed by atoms with Crippen LogP contribution in [0.1, 0.15) is 6.42 Å². The molecule has 2 aromatic heterocycles. The first kappa shape index (κ1) is 19.3. The normalized spacial score (nSPS) is 18.6. The molecule has 0 bridgehead atoms. The van der Waals surface area contributed by atoms with Gasteiger partial charge in [0.25, 0.3) is 5.92 Å². The number of aromatic nitrogens is 3. The average Bonchev–Trinajstić information content (AvgIpc) is 3.09. The lowest BCUT2D eigenvalue weighted by atomic mass is 10.2. The van der Waals surface area contributed by atoms with Crippen molar-refractivity contribution in [2.24, 2.45) is 0 Å². The monoisotopic (exact) mass is 365 g/mol. The maximum Gasteiger partial charge on any atom is 0.262 e. The predicted octanol–water partition coefficient (Wildman–Crippen LogP) is 2.05. The van der Waals surface area contributed by atoms with Gasteiger partial charge in [-0.2, -0.15) is 0 Å². The molecule has 0 radical (unpaired) electrons. The number of hydrogen-bond donors (Lipinski definition) is 2. The molecule has 0 aliphatic carbocycles. The molecule has 3 heterocycles. The highest BCUT2D eigenvalue weighted by Crippen LogP contribution is 2.25. The van der Waals surface area contributed by atoms with Crippen LogP contribution in [0.3, 0.4) is 0 Å². The summed E-state index contributed by atoms with van der Waals surface area (Å²) in [6.07, 6.45) is 5.96. The molecule has 126 valence electrons. The SMILES string of the molecule is Cl.Cl.O=C(Nc1ccc(-n2ccnc2)nc1)C1CC(F)(F)CN1. The molecule has 0 aromatic carbocycles. The Hall–Kier alpha value is -1.77. The van der Waals surface area contributed by atoms with Crippen LogP contribution < -0.4 is 10.6 Å². The summed E-state index contributed by atoms with van der Waals surface area (Å²) < 4.78 is 27.8. The fourth-order valence-corrected chi connectivity index (χ4v) is 2.14. The van der Waals surface area contributed by atoms with Crippen molar-refractivity contribution in [3.63, 3.8) is 0 Å². The number of carbonyl (C=O) groups excluding carboxylic acids is 1. The van der Waals surface area contributed by atoms with Crippen molar-refractivity contribution in [1.29, 1.82) is 0 Å². The third kappa shape index (κ3) is 4.60. The Morgan fingerprint density at radius 1 is 1.39 bits per heavy atom. The number of amides is 1. The van der Waals surface area contributed by atoms with E-state index in [1.165, 1.54) is 6.20 Å². The third-order valence-corrected chi connectivity index (χ3v) is 3.21. The smallest absolute Gasteiger partial charge is 0.262 e. The van der Waals surface area contributed by atoms with Crippen molar-refractivity contribution in [2.75, 3.05) is 11.9 Å². The van der Waals surface area contributed by atoms with Gasteiger partial charge in [0, 0.05) is 18.8 Å². The van der Waals surface area contributed by atoms with Gasteiger partial charge in [0.05, 0.1) is 24.5 Å². The van der Waals surface area contributed by atoms with Crippen molar-refractivity contribution < 1.29 is 13.6 Å². The first-order valence-corrected chi connectivity index (χ1v) is 6.40. The van der Waals surface area contributed by atoms with Crippen LogP contribution >= 0.6 is 24.8 Å². The van der Waals surface area contributed by atoms with Crippen molar-refractivity contribution >= 4 is 36.4 Å².